The maximum atomic E-state index is 5.85. The summed E-state index contributed by atoms with van der Waals surface area (Å²) in [6.07, 6.45) is 9.03. The van der Waals surface area contributed by atoms with Gasteiger partial charge in [-0.15, -0.1) is 0 Å². The molecule has 0 unspecified atom stereocenters. The van der Waals surface area contributed by atoms with E-state index in [9.17, 15) is 0 Å². The van der Waals surface area contributed by atoms with Crippen molar-refractivity contribution in [3.8, 4) is 0 Å². The number of hydrogen-bond acceptors (Lipinski definition) is 3. The van der Waals surface area contributed by atoms with Gasteiger partial charge in [0.05, 0.1) is 18.4 Å². The van der Waals surface area contributed by atoms with Crippen molar-refractivity contribution in [3.63, 3.8) is 0 Å². The van der Waals surface area contributed by atoms with Crippen LogP contribution in [0.15, 0.2) is 6.20 Å². The highest BCUT2D eigenvalue weighted by atomic mass is 16.5. The first kappa shape index (κ1) is 12.4. The summed E-state index contributed by atoms with van der Waals surface area (Å²) in [7, 11) is 2.00. The lowest BCUT2D eigenvalue weighted by Gasteiger charge is -2.22. The Morgan fingerprint density at radius 3 is 2.82 bits per heavy atom. The van der Waals surface area contributed by atoms with E-state index in [1.54, 1.807) is 0 Å². The van der Waals surface area contributed by atoms with E-state index in [-0.39, 0.29) is 0 Å². The molecule has 1 aliphatic carbocycles. The number of rotatable bonds is 5. The van der Waals surface area contributed by atoms with Gasteiger partial charge in [0, 0.05) is 19.8 Å². The summed E-state index contributed by atoms with van der Waals surface area (Å²) in [5, 5.41) is 3.30. The second-order valence-corrected chi connectivity index (χ2v) is 4.87. The Balaban J connectivity index is 1.64. The molecule has 0 spiro atoms. The molecule has 0 aromatic carbocycles. The Kier molecular flexibility index (Phi) is 4.42. The van der Waals surface area contributed by atoms with Crippen LogP contribution in [-0.2, 0) is 11.8 Å². The van der Waals surface area contributed by atoms with Crippen LogP contribution in [0, 0.1) is 6.92 Å². The molecule has 1 N–H and O–H groups in total. The average Bonchev–Trinajstić information content (AvgIpc) is 2.65. The summed E-state index contributed by atoms with van der Waals surface area (Å²) in [6.45, 7) is 3.61. The largest absolute Gasteiger partial charge is 0.376 e. The third-order valence-electron chi connectivity index (χ3n) is 3.29. The standard InChI is InChI=1S/C13H23N3O/c1-11-10-16(2)13(15-11)14-8-9-17-12-6-4-3-5-7-12/h10,12H,3-9H2,1-2H3,(H,14,15). The van der Waals surface area contributed by atoms with Crippen molar-refractivity contribution in [2.75, 3.05) is 18.5 Å². The van der Waals surface area contributed by atoms with Crippen molar-refractivity contribution in [2.45, 2.75) is 45.1 Å². The fourth-order valence-corrected chi connectivity index (χ4v) is 2.40. The van der Waals surface area contributed by atoms with Crippen molar-refractivity contribution in [3.05, 3.63) is 11.9 Å². The van der Waals surface area contributed by atoms with E-state index in [1.165, 1.54) is 32.1 Å². The predicted octanol–water partition coefficient (Wildman–Crippen LogP) is 2.49. The predicted molar refractivity (Wildman–Crippen MR) is 69.3 cm³/mol. The highest BCUT2D eigenvalue weighted by molar-refractivity contribution is 5.27. The van der Waals surface area contributed by atoms with Gasteiger partial charge in [-0.25, -0.2) is 4.98 Å². The van der Waals surface area contributed by atoms with Gasteiger partial charge in [-0.3, -0.25) is 0 Å². The number of imidazole rings is 1. The minimum Gasteiger partial charge on any atom is -0.376 e. The SMILES string of the molecule is Cc1cn(C)c(NCCOC2CCCCC2)n1. The molecular weight excluding hydrogens is 214 g/mol. The fraction of sp³-hybridized carbons (Fsp3) is 0.769. The summed E-state index contributed by atoms with van der Waals surface area (Å²) < 4.78 is 7.86. The quantitative estimate of drug-likeness (QED) is 0.800. The van der Waals surface area contributed by atoms with Crippen LogP contribution in [0.5, 0.6) is 0 Å². The molecule has 0 radical (unpaired) electrons. The lowest BCUT2D eigenvalue weighted by molar-refractivity contribution is 0.0347. The Morgan fingerprint density at radius 2 is 2.18 bits per heavy atom. The lowest BCUT2D eigenvalue weighted by atomic mass is 9.98. The van der Waals surface area contributed by atoms with E-state index in [0.29, 0.717) is 6.10 Å². The molecule has 4 nitrogen and oxygen atoms in total. The first-order chi connectivity index (χ1) is 8.25. The first-order valence-corrected chi connectivity index (χ1v) is 6.61. The highest BCUT2D eigenvalue weighted by Crippen LogP contribution is 2.19. The maximum absolute atomic E-state index is 5.85. The molecule has 17 heavy (non-hydrogen) atoms. The van der Waals surface area contributed by atoms with Gasteiger partial charge in [-0.2, -0.15) is 0 Å². The topological polar surface area (TPSA) is 39.1 Å². The summed E-state index contributed by atoms with van der Waals surface area (Å²) in [5.74, 6) is 0.926. The Morgan fingerprint density at radius 1 is 1.41 bits per heavy atom. The summed E-state index contributed by atoms with van der Waals surface area (Å²) in [4.78, 5) is 4.39. The molecule has 2 rings (SSSR count). The molecule has 1 fully saturated rings. The van der Waals surface area contributed by atoms with Crippen LogP contribution in [0.4, 0.5) is 5.95 Å². The van der Waals surface area contributed by atoms with E-state index in [0.717, 1.165) is 24.8 Å². The fourth-order valence-electron chi connectivity index (χ4n) is 2.40. The Bertz CT molecular complexity index is 342. The molecule has 0 aliphatic heterocycles. The number of nitrogens with zero attached hydrogens (tertiary/aromatic N) is 2. The smallest absolute Gasteiger partial charge is 0.202 e. The molecule has 1 aliphatic rings. The van der Waals surface area contributed by atoms with Crippen molar-refractivity contribution < 1.29 is 4.74 Å². The molecule has 0 atom stereocenters. The highest BCUT2D eigenvalue weighted by Gasteiger charge is 2.13. The third kappa shape index (κ3) is 3.73. The van der Waals surface area contributed by atoms with E-state index in [1.807, 2.05) is 24.7 Å². The van der Waals surface area contributed by atoms with Gasteiger partial charge in [0.15, 0.2) is 0 Å². The van der Waals surface area contributed by atoms with E-state index < -0.39 is 0 Å². The van der Waals surface area contributed by atoms with Crippen molar-refractivity contribution in [2.24, 2.45) is 7.05 Å². The summed E-state index contributed by atoms with van der Waals surface area (Å²) >= 11 is 0. The molecule has 1 heterocycles. The van der Waals surface area contributed by atoms with Crippen LogP contribution >= 0.6 is 0 Å². The molecule has 0 amide bonds. The number of hydrogen-bond donors (Lipinski definition) is 1. The van der Waals surface area contributed by atoms with Crippen LogP contribution in [0.2, 0.25) is 0 Å². The molecule has 1 aromatic heterocycles. The second-order valence-electron chi connectivity index (χ2n) is 4.87. The number of ether oxygens (including phenoxy) is 1. The molecule has 0 bridgehead atoms. The lowest BCUT2D eigenvalue weighted by Crippen LogP contribution is -2.21. The third-order valence-corrected chi connectivity index (χ3v) is 3.29. The maximum Gasteiger partial charge on any atom is 0.202 e. The minimum atomic E-state index is 0.494. The minimum absolute atomic E-state index is 0.494. The Hall–Kier alpha value is -1.03. The van der Waals surface area contributed by atoms with Crippen LogP contribution in [-0.4, -0.2) is 28.8 Å². The van der Waals surface area contributed by atoms with Crippen molar-refractivity contribution >= 4 is 5.95 Å². The van der Waals surface area contributed by atoms with Crippen LogP contribution < -0.4 is 5.32 Å². The number of anilines is 1. The molecule has 0 saturated heterocycles. The molecular formula is C13H23N3O. The van der Waals surface area contributed by atoms with E-state index >= 15 is 0 Å². The summed E-state index contributed by atoms with van der Waals surface area (Å²) in [6, 6.07) is 0. The van der Waals surface area contributed by atoms with Gasteiger partial charge in [-0.1, -0.05) is 19.3 Å². The molecule has 4 heteroatoms. The van der Waals surface area contributed by atoms with Gasteiger partial charge >= 0.3 is 0 Å². The normalized spacial score (nSPS) is 17.3. The van der Waals surface area contributed by atoms with Gasteiger partial charge in [0.25, 0.3) is 0 Å². The number of aromatic nitrogens is 2. The summed E-state index contributed by atoms with van der Waals surface area (Å²) in [5.41, 5.74) is 1.04. The average molecular weight is 237 g/mol. The molecule has 1 aromatic rings. The zero-order valence-electron chi connectivity index (χ0n) is 10.9. The molecule has 96 valence electrons. The van der Waals surface area contributed by atoms with Crippen molar-refractivity contribution in [1.29, 1.82) is 0 Å². The number of aryl methyl sites for hydroxylation is 2. The van der Waals surface area contributed by atoms with Gasteiger partial charge in [0.1, 0.15) is 0 Å². The van der Waals surface area contributed by atoms with Crippen molar-refractivity contribution in [1.82, 2.24) is 9.55 Å². The first-order valence-electron chi connectivity index (χ1n) is 6.61. The van der Waals surface area contributed by atoms with Gasteiger partial charge in [0.2, 0.25) is 5.95 Å². The van der Waals surface area contributed by atoms with Gasteiger partial charge in [-0.05, 0) is 19.8 Å². The van der Waals surface area contributed by atoms with Crippen LogP contribution in [0.1, 0.15) is 37.8 Å². The van der Waals surface area contributed by atoms with Crippen LogP contribution in [0.25, 0.3) is 0 Å². The zero-order chi connectivity index (χ0) is 12.1. The van der Waals surface area contributed by atoms with E-state index in [2.05, 4.69) is 10.3 Å². The zero-order valence-corrected chi connectivity index (χ0v) is 10.9. The van der Waals surface area contributed by atoms with Gasteiger partial charge < -0.3 is 14.6 Å². The molecule has 1 saturated carbocycles. The van der Waals surface area contributed by atoms with Crippen LogP contribution in [0.3, 0.4) is 0 Å². The number of nitrogens with one attached hydrogen (secondary N) is 1. The Labute approximate surface area is 103 Å². The van der Waals surface area contributed by atoms with E-state index in [4.69, 9.17) is 4.74 Å². The monoisotopic (exact) mass is 237 g/mol. The second kappa shape index (κ2) is 6.05.